The lowest BCUT2D eigenvalue weighted by molar-refractivity contribution is 0.0944. The quantitative estimate of drug-likeness (QED) is 0.812. The lowest BCUT2D eigenvalue weighted by atomic mass is 9.89. The highest BCUT2D eigenvalue weighted by molar-refractivity contribution is 9.09. The third kappa shape index (κ3) is 4.22. The highest BCUT2D eigenvalue weighted by Gasteiger charge is 2.19. The van der Waals surface area contributed by atoms with Crippen LogP contribution in [0.1, 0.15) is 41.6 Å². The van der Waals surface area contributed by atoms with Crippen molar-refractivity contribution >= 4 is 33.4 Å². The standard InChI is InChI=1S/C15H19BrClNO/c1-10-8-12(4-7-14(10)17)15(19)18-9-11-2-5-13(16)6-3-11/h4,7-8,11,13H,2-3,5-6,9H2,1H3,(H,18,19). The van der Waals surface area contributed by atoms with Crippen LogP contribution >= 0.6 is 27.5 Å². The van der Waals surface area contributed by atoms with Crippen molar-refractivity contribution < 1.29 is 4.79 Å². The second-order valence-electron chi connectivity index (χ2n) is 5.29. The molecule has 2 rings (SSSR count). The third-order valence-corrected chi connectivity index (χ3v) is 5.09. The SMILES string of the molecule is Cc1cc(C(=O)NCC2CCC(Br)CC2)ccc1Cl. The molecule has 0 aliphatic heterocycles. The van der Waals surface area contributed by atoms with E-state index in [0.717, 1.165) is 12.1 Å². The molecule has 1 aromatic carbocycles. The number of nitrogens with one attached hydrogen (secondary N) is 1. The predicted octanol–water partition coefficient (Wildman–Crippen LogP) is 4.33. The maximum absolute atomic E-state index is 12.1. The summed E-state index contributed by atoms with van der Waals surface area (Å²) in [5.41, 5.74) is 1.63. The summed E-state index contributed by atoms with van der Waals surface area (Å²) in [4.78, 5) is 12.7. The van der Waals surface area contributed by atoms with Gasteiger partial charge in [0.05, 0.1) is 0 Å². The van der Waals surface area contributed by atoms with Crippen LogP contribution in [0.3, 0.4) is 0 Å². The molecule has 0 heterocycles. The van der Waals surface area contributed by atoms with E-state index in [0.29, 0.717) is 21.3 Å². The van der Waals surface area contributed by atoms with Gasteiger partial charge in [-0.2, -0.15) is 0 Å². The fourth-order valence-corrected chi connectivity index (χ4v) is 3.10. The van der Waals surface area contributed by atoms with Gasteiger partial charge in [0.2, 0.25) is 0 Å². The third-order valence-electron chi connectivity index (χ3n) is 3.75. The first-order valence-corrected chi connectivity index (χ1v) is 8.04. The molecular weight excluding hydrogens is 326 g/mol. The van der Waals surface area contributed by atoms with Gasteiger partial charge in [0.15, 0.2) is 0 Å². The molecule has 2 nitrogen and oxygen atoms in total. The molecule has 1 aromatic rings. The monoisotopic (exact) mass is 343 g/mol. The van der Waals surface area contributed by atoms with Gasteiger partial charge < -0.3 is 5.32 Å². The van der Waals surface area contributed by atoms with Gasteiger partial charge >= 0.3 is 0 Å². The zero-order valence-electron chi connectivity index (χ0n) is 11.1. The first kappa shape index (κ1) is 14.9. The van der Waals surface area contributed by atoms with Gasteiger partial charge in [-0.25, -0.2) is 0 Å². The summed E-state index contributed by atoms with van der Waals surface area (Å²) < 4.78 is 0. The van der Waals surface area contributed by atoms with Gasteiger partial charge in [-0.3, -0.25) is 4.79 Å². The summed E-state index contributed by atoms with van der Waals surface area (Å²) in [5, 5.41) is 3.73. The molecule has 1 fully saturated rings. The highest BCUT2D eigenvalue weighted by Crippen LogP contribution is 2.28. The smallest absolute Gasteiger partial charge is 0.251 e. The van der Waals surface area contributed by atoms with Crippen LogP contribution in [0.2, 0.25) is 5.02 Å². The van der Waals surface area contributed by atoms with E-state index in [4.69, 9.17) is 11.6 Å². The van der Waals surface area contributed by atoms with Crippen LogP contribution in [-0.4, -0.2) is 17.3 Å². The maximum Gasteiger partial charge on any atom is 0.251 e. The number of alkyl halides is 1. The summed E-state index contributed by atoms with van der Waals surface area (Å²) >= 11 is 9.61. The van der Waals surface area contributed by atoms with Crippen molar-refractivity contribution in [2.24, 2.45) is 5.92 Å². The summed E-state index contributed by atoms with van der Waals surface area (Å²) in [6.45, 7) is 2.69. The van der Waals surface area contributed by atoms with E-state index in [1.54, 1.807) is 12.1 Å². The Labute approximate surface area is 128 Å². The summed E-state index contributed by atoms with van der Waals surface area (Å²) in [6, 6.07) is 5.40. The van der Waals surface area contributed by atoms with E-state index >= 15 is 0 Å². The lowest BCUT2D eigenvalue weighted by Gasteiger charge is -2.25. The van der Waals surface area contributed by atoms with Crippen LogP contribution in [0.5, 0.6) is 0 Å². The Balaban J connectivity index is 1.85. The molecule has 0 radical (unpaired) electrons. The number of rotatable bonds is 3. The Morgan fingerprint density at radius 3 is 2.68 bits per heavy atom. The molecule has 0 atom stereocenters. The summed E-state index contributed by atoms with van der Waals surface area (Å²) in [6.07, 6.45) is 4.80. The Hall–Kier alpha value is -0.540. The van der Waals surface area contributed by atoms with E-state index in [1.165, 1.54) is 25.7 Å². The number of carbonyl (C=O) groups excluding carboxylic acids is 1. The van der Waals surface area contributed by atoms with Crippen molar-refractivity contribution in [2.45, 2.75) is 37.4 Å². The van der Waals surface area contributed by atoms with E-state index in [-0.39, 0.29) is 5.91 Å². The Morgan fingerprint density at radius 1 is 1.37 bits per heavy atom. The molecule has 1 aliphatic carbocycles. The van der Waals surface area contributed by atoms with Gasteiger partial charge in [0, 0.05) is 22.0 Å². The predicted molar refractivity (Wildman–Crippen MR) is 83.2 cm³/mol. The van der Waals surface area contributed by atoms with E-state index < -0.39 is 0 Å². The van der Waals surface area contributed by atoms with E-state index in [2.05, 4.69) is 21.2 Å². The maximum atomic E-state index is 12.1. The number of hydrogen-bond acceptors (Lipinski definition) is 1. The molecule has 0 saturated heterocycles. The summed E-state index contributed by atoms with van der Waals surface area (Å²) in [7, 11) is 0. The first-order valence-electron chi connectivity index (χ1n) is 6.74. The normalized spacial score (nSPS) is 23.1. The molecule has 1 N–H and O–H groups in total. The zero-order valence-corrected chi connectivity index (χ0v) is 13.4. The van der Waals surface area contributed by atoms with Gasteiger partial charge in [0.25, 0.3) is 5.91 Å². The molecule has 1 aliphatic rings. The molecule has 4 heteroatoms. The van der Waals surface area contributed by atoms with Gasteiger partial charge in [-0.1, -0.05) is 27.5 Å². The van der Waals surface area contributed by atoms with Crippen LogP contribution in [0.4, 0.5) is 0 Å². The molecule has 0 bridgehead atoms. The molecule has 104 valence electrons. The van der Waals surface area contributed by atoms with Crippen molar-refractivity contribution in [2.75, 3.05) is 6.54 Å². The number of carbonyl (C=O) groups is 1. The zero-order chi connectivity index (χ0) is 13.8. The average molecular weight is 345 g/mol. The van der Waals surface area contributed by atoms with Crippen molar-refractivity contribution in [3.05, 3.63) is 34.3 Å². The molecule has 1 saturated carbocycles. The number of hydrogen-bond donors (Lipinski definition) is 1. The first-order chi connectivity index (χ1) is 9.06. The van der Waals surface area contributed by atoms with Crippen LogP contribution in [0.15, 0.2) is 18.2 Å². The molecule has 0 spiro atoms. The minimum Gasteiger partial charge on any atom is -0.352 e. The Morgan fingerprint density at radius 2 is 2.05 bits per heavy atom. The molecule has 0 aromatic heterocycles. The fraction of sp³-hybridized carbons (Fsp3) is 0.533. The molecule has 0 unspecified atom stereocenters. The second-order valence-corrected chi connectivity index (χ2v) is 6.99. The Kier molecular flexibility index (Phi) is 5.28. The second kappa shape index (κ2) is 6.76. The Bertz CT molecular complexity index is 455. The minimum absolute atomic E-state index is 0.000678. The van der Waals surface area contributed by atoms with Crippen LogP contribution in [0.25, 0.3) is 0 Å². The van der Waals surface area contributed by atoms with Gasteiger partial charge in [-0.05, 0) is 62.3 Å². The number of benzene rings is 1. The fourth-order valence-electron chi connectivity index (χ4n) is 2.45. The van der Waals surface area contributed by atoms with E-state index in [1.807, 2.05) is 13.0 Å². The largest absolute Gasteiger partial charge is 0.352 e. The molecule has 19 heavy (non-hydrogen) atoms. The number of halogens is 2. The molecular formula is C15H19BrClNO. The average Bonchev–Trinajstić information content (AvgIpc) is 2.41. The van der Waals surface area contributed by atoms with Crippen molar-refractivity contribution in [1.82, 2.24) is 5.32 Å². The van der Waals surface area contributed by atoms with E-state index in [9.17, 15) is 4.79 Å². The number of aryl methyl sites for hydroxylation is 1. The van der Waals surface area contributed by atoms with Gasteiger partial charge in [-0.15, -0.1) is 0 Å². The van der Waals surface area contributed by atoms with Crippen molar-refractivity contribution in [1.29, 1.82) is 0 Å². The van der Waals surface area contributed by atoms with Gasteiger partial charge in [0.1, 0.15) is 0 Å². The number of amides is 1. The molecule has 1 amide bonds. The lowest BCUT2D eigenvalue weighted by Crippen LogP contribution is -2.31. The van der Waals surface area contributed by atoms with Crippen LogP contribution in [0, 0.1) is 12.8 Å². The van der Waals surface area contributed by atoms with Crippen molar-refractivity contribution in [3.8, 4) is 0 Å². The van der Waals surface area contributed by atoms with Crippen LogP contribution in [-0.2, 0) is 0 Å². The highest BCUT2D eigenvalue weighted by atomic mass is 79.9. The van der Waals surface area contributed by atoms with Crippen LogP contribution < -0.4 is 5.32 Å². The van der Waals surface area contributed by atoms with Crippen molar-refractivity contribution in [3.63, 3.8) is 0 Å². The summed E-state index contributed by atoms with van der Waals surface area (Å²) in [5.74, 6) is 0.617. The minimum atomic E-state index is 0.000678. The topological polar surface area (TPSA) is 29.1 Å².